The van der Waals surface area contributed by atoms with Gasteiger partial charge in [0.2, 0.25) is 11.6 Å². The zero-order valence-electron chi connectivity index (χ0n) is 18.3. The number of tetrazole rings is 1. The van der Waals surface area contributed by atoms with E-state index in [1.807, 2.05) is 0 Å². The molecule has 0 aliphatic heterocycles. The van der Waals surface area contributed by atoms with Crippen LogP contribution in [0.15, 0.2) is 41.4 Å². The number of aromatic amines is 2. The van der Waals surface area contributed by atoms with E-state index >= 15 is 0 Å². The number of H-pyrrole nitrogens is 2. The van der Waals surface area contributed by atoms with Crippen LogP contribution in [0, 0.1) is 0 Å². The van der Waals surface area contributed by atoms with Crippen molar-refractivity contribution in [2.75, 3.05) is 5.75 Å². The highest BCUT2D eigenvalue weighted by atomic mass is 35.5. The van der Waals surface area contributed by atoms with Crippen LogP contribution in [0.2, 0.25) is 5.02 Å². The molecule has 1 aromatic carbocycles. The van der Waals surface area contributed by atoms with E-state index in [9.17, 15) is 18.0 Å². The number of benzene rings is 1. The minimum absolute atomic E-state index is 0.0582. The Morgan fingerprint density at radius 3 is 2.52 bits per heavy atom. The Morgan fingerprint density at radius 2 is 1.85 bits per heavy atom. The fraction of sp³-hybridized carbons (Fsp3) is 0.409. The van der Waals surface area contributed by atoms with Crippen molar-refractivity contribution in [3.05, 3.63) is 58.6 Å². The summed E-state index contributed by atoms with van der Waals surface area (Å²) in [5, 5.41) is 13.1. The van der Waals surface area contributed by atoms with Gasteiger partial charge < -0.3 is 4.98 Å². The van der Waals surface area contributed by atoms with Gasteiger partial charge in [0.05, 0.1) is 10.6 Å². The number of hydrogen-bond donors (Lipinski definition) is 2. The highest BCUT2D eigenvalue weighted by Gasteiger charge is 2.24. The number of nitrogens with zero attached hydrogens (tertiary/aromatic N) is 3. The van der Waals surface area contributed by atoms with Crippen molar-refractivity contribution >= 4 is 33.0 Å². The van der Waals surface area contributed by atoms with Crippen molar-refractivity contribution < 1.29 is 18.0 Å². The number of sulfone groups is 1. The summed E-state index contributed by atoms with van der Waals surface area (Å²) < 4.78 is 25.1. The second-order valence-corrected chi connectivity index (χ2v) is 10.4. The molecule has 1 atom stereocenters. The Morgan fingerprint density at radius 1 is 1.09 bits per heavy atom. The van der Waals surface area contributed by atoms with E-state index in [1.54, 1.807) is 24.4 Å². The number of hydrogen-bond acceptors (Lipinski definition) is 7. The van der Waals surface area contributed by atoms with E-state index in [0.29, 0.717) is 17.9 Å². The summed E-state index contributed by atoms with van der Waals surface area (Å²) in [7, 11) is -3.36. The number of unbranched alkanes of at least 4 members (excludes halogenated alkanes) is 1. The monoisotopic (exact) mass is 491 g/mol. The number of halogens is 1. The average molecular weight is 492 g/mol. The molecule has 2 aromatic heterocycles. The molecule has 2 N–H and O–H groups in total. The number of carbonyl (C=O) groups excluding carboxylic acids is 2. The number of aromatic nitrogens is 5. The summed E-state index contributed by atoms with van der Waals surface area (Å²) in [5.41, 5.74) is 1.66. The number of Topliss-reactive ketones (excluding diaryl/α,β-unsaturated/α-hetero) is 2. The van der Waals surface area contributed by atoms with Gasteiger partial charge in [-0.3, -0.25) is 9.59 Å². The molecule has 0 spiro atoms. The summed E-state index contributed by atoms with van der Waals surface area (Å²) >= 11 is 5.84. The molecule has 0 saturated carbocycles. The summed E-state index contributed by atoms with van der Waals surface area (Å²) in [5.74, 6) is -1.45. The SMILES string of the molecule is CCCC(CCCCS(=O)(=O)c1ccc(Cl)cc1)c1[nH]ccc1CC(=O)C(=O)c1nn[nH]n1. The summed E-state index contributed by atoms with van der Waals surface area (Å²) in [4.78, 5) is 28.1. The van der Waals surface area contributed by atoms with E-state index in [1.165, 1.54) is 12.1 Å². The standard InChI is InChI=1S/C22H26ClN5O4S/c1-2-5-15(6-3-4-13-33(31,32)18-9-7-17(23)8-10-18)20-16(11-12-24-20)14-19(29)21(30)22-25-27-28-26-22/h7-12,15,24H,2-6,13-14H2,1H3,(H,25,26,27,28). The molecular weight excluding hydrogens is 466 g/mol. The first kappa shape index (κ1) is 24.8. The third-order valence-corrected chi connectivity index (χ3v) is 7.52. The molecule has 0 aliphatic carbocycles. The lowest BCUT2D eigenvalue weighted by molar-refractivity contribution is -0.114. The lowest BCUT2D eigenvalue weighted by atomic mass is 9.90. The van der Waals surface area contributed by atoms with Gasteiger partial charge in [-0.1, -0.05) is 31.4 Å². The van der Waals surface area contributed by atoms with Crippen molar-refractivity contribution in [2.24, 2.45) is 0 Å². The third-order valence-electron chi connectivity index (χ3n) is 5.46. The number of rotatable bonds is 13. The molecule has 0 amide bonds. The van der Waals surface area contributed by atoms with Gasteiger partial charge in [-0.2, -0.15) is 5.21 Å². The van der Waals surface area contributed by atoms with Gasteiger partial charge in [0.25, 0.3) is 5.78 Å². The molecule has 0 fully saturated rings. The average Bonchev–Trinajstić information content (AvgIpc) is 3.48. The Kier molecular flexibility index (Phi) is 8.51. The fourth-order valence-corrected chi connectivity index (χ4v) is 5.31. The third kappa shape index (κ3) is 6.58. The van der Waals surface area contributed by atoms with Gasteiger partial charge >= 0.3 is 0 Å². The van der Waals surface area contributed by atoms with Crippen LogP contribution >= 0.6 is 11.6 Å². The minimum Gasteiger partial charge on any atom is -0.365 e. The topological polar surface area (TPSA) is 139 Å². The molecule has 3 rings (SSSR count). The lowest BCUT2D eigenvalue weighted by Gasteiger charge is -2.17. The maximum atomic E-state index is 12.5. The number of carbonyl (C=O) groups is 2. The Labute approximate surface area is 197 Å². The van der Waals surface area contributed by atoms with Gasteiger partial charge in [0.15, 0.2) is 9.84 Å². The molecule has 176 valence electrons. The van der Waals surface area contributed by atoms with Crippen LogP contribution in [0.5, 0.6) is 0 Å². The predicted octanol–water partition coefficient (Wildman–Crippen LogP) is 3.70. The van der Waals surface area contributed by atoms with Gasteiger partial charge in [-0.15, -0.1) is 10.2 Å². The molecule has 9 nitrogen and oxygen atoms in total. The van der Waals surface area contributed by atoms with Crippen molar-refractivity contribution in [1.29, 1.82) is 0 Å². The maximum absolute atomic E-state index is 12.5. The quantitative estimate of drug-likeness (QED) is 0.211. The van der Waals surface area contributed by atoms with Crippen molar-refractivity contribution in [1.82, 2.24) is 25.6 Å². The highest BCUT2D eigenvalue weighted by Crippen LogP contribution is 2.29. The van der Waals surface area contributed by atoms with Crippen molar-refractivity contribution in [3.63, 3.8) is 0 Å². The first-order valence-electron chi connectivity index (χ1n) is 10.8. The van der Waals surface area contributed by atoms with Crippen LogP contribution in [0.3, 0.4) is 0 Å². The van der Waals surface area contributed by atoms with E-state index in [2.05, 4.69) is 32.5 Å². The molecule has 1 unspecified atom stereocenters. The molecule has 0 aliphatic rings. The summed E-state index contributed by atoms with van der Waals surface area (Å²) in [6.45, 7) is 2.07. The first-order valence-corrected chi connectivity index (χ1v) is 12.8. The van der Waals surface area contributed by atoms with Crippen LogP contribution in [0.25, 0.3) is 0 Å². The van der Waals surface area contributed by atoms with Crippen molar-refractivity contribution in [3.8, 4) is 0 Å². The molecule has 3 aromatic rings. The van der Waals surface area contributed by atoms with E-state index in [-0.39, 0.29) is 28.8 Å². The Balaban J connectivity index is 1.59. The lowest BCUT2D eigenvalue weighted by Crippen LogP contribution is -2.19. The van der Waals surface area contributed by atoms with E-state index in [4.69, 9.17) is 11.6 Å². The second kappa shape index (κ2) is 11.3. The van der Waals surface area contributed by atoms with Crippen LogP contribution in [0.4, 0.5) is 0 Å². The molecule has 33 heavy (non-hydrogen) atoms. The smallest absolute Gasteiger partial charge is 0.269 e. The van der Waals surface area contributed by atoms with E-state index < -0.39 is 21.4 Å². The number of nitrogens with one attached hydrogen (secondary N) is 2. The molecule has 11 heteroatoms. The Hall–Kier alpha value is -2.85. The largest absolute Gasteiger partial charge is 0.365 e. The van der Waals surface area contributed by atoms with Crippen LogP contribution < -0.4 is 0 Å². The normalized spacial score (nSPS) is 12.5. The highest BCUT2D eigenvalue weighted by molar-refractivity contribution is 7.91. The Bertz CT molecular complexity index is 1170. The molecule has 0 saturated heterocycles. The molecule has 2 heterocycles. The van der Waals surface area contributed by atoms with Gasteiger partial charge in [0.1, 0.15) is 0 Å². The summed E-state index contributed by atoms with van der Waals surface area (Å²) in [6, 6.07) is 7.99. The first-order chi connectivity index (χ1) is 15.8. The molecule has 0 radical (unpaired) electrons. The van der Waals surface area contributed by atoms with Crippen LogP contribution in [-0.2, 0) is 21.1 Å². The van der Waals surface area contributed by atoms with Gasteiger partial charge in [-0.05, 0) is 66.3 Å². The molecular formula is C22H26ClN5O4S. The van der Waals surface area contributed by atoms with Gasteiger partial charge in [-0.25, -0.2) is 8.42 Å². The number of ketones is 2. The van der Waals surface area contributed by atoms with Crippen LogP contribution in [0.1, 0.15) is 66.8 Å². The van der Waals surface area contributed by atoms with Gasteiger partial charge in [0, 0.05) is 23.3 Å². The summed E-state index contributed by atoms with van der Waals surface area (Å²) in [6.07, 6.45) is 5.51. The predicted molar refractivity (Wildman–Crippen MR) is 123 cm³/mol. The maximum Gasteiger partial charge on any atom is 0.269 e. The minimum atomic E-state index is -3.36. The zero-order chi connectivity index (χ0) is 23.8. The fourth-order valence-electron chi connectivity index (χ4n) is 3.81. The van der Waals surface area contributed by atoms with E-state index in [0.717, 1.165) is 30.5 Å². The second-order valence-electron chi connectivity index (χ2n) is 7.84. The zero-order valence-corrected chi connectivity index (χ0v) is 19.8. The van der Waals surface area contributed by atoms with Crippen LogP contribution in [-0.4, -0.2) is 51.3 Å². The molecule has 0 bridgehead atoms. The van der Waals surface area contributed by atoms with Crippen molar-refractivity contribution in [2.45, 2.75) is 56.3 Å².